The van der Waals surface area contributed by atoms with Gasteiger partial charge in [0.1, 0.15) is 17.8 Å². The Bertz CT molecular complexity index is 646. The van der Waals surface area contributed by atoms with Crippen molar-refractivity contribution in [1.82, 2.24) is 5.32 Å². The molecule has 1 aromatic carbocycles. The minimum atomic E-state index is -1.35. The number of ether oxygens (including phenoxy) is 1. The van der Waals surface area contributed by atoms with Crippen molar-refractivity contribution >= 4 is 23.5 Å². The lowest BCUT2D eigenvalue weighted by atomic mass is 9.95. The summed E-state index contributed by atoms with van der Waals surface area (Å²) in [4.78, 5) is 37.2. The fourth-order valence-corrected chi connectivity index (χ4v) is 2.57. The highest BCUT2D eigenvalue weighted by Crippen LogP contribution is 2.31. The Labute approximate surface area is 140 Å². The molecule has 2 amide bonds. The number of benzene rings is 1. The van der Waals surface area contributed by atoms with Crippen LogP contribution in [0.5, 0.6) is 5.75 Å². The van der Waals surface area contributed by atoms with Gasteiger partial charge in [-0.2, -0.15) is 0 Å². The van der Waals surface area contributed by atoms with Gasteiger partial charge in [0.05, 0.1) is 5.69 Å². The molecule has 1 unspecified atom stereocenters. The molecule has 130 valence electrons. The minimum Gasteiger partial charge on any atom is -0.482 e. The lowest BCUT2D eigenvalue weighted by Crippen LogP contribution is -2.55. The highest BCUT2D eigenvalue weighted by Gasteiger charge is 2.35. The smallest absolute Gasteiger partial charge is 0.329 e. The first kappa shape index (κ1) is 17.8. The Morgan fingerprint density at radius 3 is 2.75 bits per heavy atom. The normalized spacial score (nSPS) is 15.9. The van der Waals surface area contributed by atoms with Crippen LogP contribution < -0.4 is 15.0 Å². The van der Waals surface area contributed by atoms with Gasteiger partial charge in [0, 0.05) is 0 Å². The molecule has 2 rings (SSSR count). The molecule has 7 heteroatoms. The average molecular weight is 334 g/mol. The summed E-state index contributed by atoms with van der Waals surface area (Å²) >= 11 is 0. The number of para-hydroxylation sites is 2. The molecule has 0 bridgehead atoms. The number of rotatable bonds is 7. The molecular weight excluding hydrogens is 312 g/mol. The first-order valence-corrected chi connectivity index (χ1v) is 7.94. The van der Waals surface area contributed by atoms with Crippen molar-refractivity contribution in [2.45, 2.75) is 38.6 Å². The van der Waals surface area contributed by atoms with Gasteiger partial charge in [-0.1, -0.05) is 31.9 Å². The maximum absolute atomic E-state index is 12.3. The number of carboxylic acid groups (broad SMARTS) is 1. The lowest BCUT2D eigenvalue weighted by molar-refractivity contribution is -0.147. The Balaban J connectivity index is 2.11. The molecule has 1 atom stereocenters. The van der Waals surface area contributed by atoms with Crippen molar-refractivity contribution < 1.29 is 24.2 Å². The molecule has 24 heavy (non-hydrogen) atoms. The number of fused-ring (bicyclic) bond motifs is 1. The Hall–Kier alpha value is -2.57. The number of carboxylic acids is 1. The van der Waals surface area contributed by atoms with Crippen molar-refractivity contribution in [1.29, 1.82) is 0 Å². The van der Waals surface area contributed by atoms with E-state index < -0.39 is 17.4 Å². The fourth-order valence-electron chi connectivity index (χ4n) is 2.57. The second-order valence-corrected chi connectivity index (χ2v) is 6.03. The number of hydrogen-bond acceptors (Lipinski definition) is 4. The number of unbranched alkanes of at least 4 members (excludes halogenated alkanes) is 1. The molecule has 1 heterocycles. The van der Waals surface area contributed by atoms with Crippen LogP contribution in [0.15, 0.2) is 24.3 Å². The molecule has 1 aromatic rings. The predicted octanol–water partition coefficient (Wildman–Crippen LogP) is 1.56. The van der Waals surface area contributed by atoms with E-state index in [1.54, 1.807) is 24.3 Å². The van der Waals surface area contributed by atoms with E-state index in [2.05, 4.69) is 5.32 Å². The summed E-state index contributed by atoms with van der Waals surface area (Å²) < 4.78 is 5.32. The molecule has 0 radical (unpaired) electrons. The average Bonchev–Trinajstić information content (AvgIpc) is 2.55. The molecule has 0 saturated heterocycles. The first-order valence-electron chi connectivity index (χ1n) is 7.94. The summed E-state index contributed by atoms with van der Waals surface area (Å²) in [7, 11) is 0. The van der Waals surface area contributed by atoms with Crippen LogP contribution in [-0.2, 0) is 14.4 Å². The van der Waals surface area contributed by atoms with Crippen LogP contribution >= 0.6 is 0 Å². The zero-order chi connectivity index (χ0) is 17.7. The number of hydrogen-bond donors (Lipinski definition) is 2. The molecule has 0 fully saturated rings. The quantitative estimate of drug-likeness (QED) is 0.789. The van der Waals surface area contributed by atoms with Crippen molar-refractivity contribution in [2.24, 2.45) is 0 Å². The lowest BCUT2D eigenvalue weighted by Gasteiger charge is -2.31. The van der Waals surface area contributed by atoms with E-state index in [1.807, 2.05) is 6.92 Å². The summed E-state index contributed by atoms with van der Waals surface area (Å²) in [5.41, 5.74) is -0.837. The molecule has 1 aliphatic heterocycles. The largest absolute Gasteiger partial charge is 0.482 e. The number of aliphatic carboxylic acids is 1. The van der Waals surface area contributed by atoms with Gasteiger partial charge in [0.2, 0.25) is 5.91 Å². The van der Waals surface area contributed by atoms with Gasteiger partial charge in [-0.3, -0.25) is 14.5 Å². The Kier molecular flexibility index (Phi) is 5.43. The molecule has 0 aromatic heterocycles. The summed E-state index contributed by atoms with van der Waals surface area (Å²) in [6.45, 7) is 3.05. The van der Waals surface area contributed by atoms with E-state index in [0.717, 1.165) is 6.42 Å². The number of carbonyl (C=O) groups excluding carboxylic acids is 2. The monoisotopic (exact) mass is 334 g/mol. The van der Waals surface area contributed by atoms with Crippen LogP contribution in [0.25, 0.3) is 0 Å². The molecule has 1 aliphatic rings. The van der Waals surface area contributed by atoms with E-state index in [4.69, 9.17) is 4.74 Å². The zero-order valence-corrected chi connectivity index (χ0v) is 13.9. The van der Waals surface area contributed by atoms with E-state index in [9.17, 15) is 19.5 Å². The number of carbonyl (C=O) groups is 3. The second-order valence-electron chi connectivity index (χ2n) is 6.03. The van der Waals surface area contributed by atoms with Gasteiger partial charge in [-0.15, -0.1) is 0 Å². The van der Waals surface area contributed by atoms with Gasteiger partial charge in [0.25, 0.3) is 5.91 Å². The van der Waals surface area contributed by atoms with Crippen LogP contribution in [0.4, 0.5) is 5.69 Å². The maximum Gasteiger partial charge on any atom is 0.329 e. The minimum absolute atomic E-state index is 0.143. The van der Waals surface area contributed by atoms with Crippen molar-refractivity contribution in [2.75, 3.05) is 18.1 Å². The van der Waals surface area contributed by atoms with E-state index >= 15 is 0 Å². The Morgan fingerprint density at radius 2 is 2.08 bits per heavy atom. The van der Waals surface area contributed by atoms with Crippen molar-refractivity contribution in [3.8, 4) is 5.75 Å². The molecular formula is C17H22N2O5. The number of nitrogens with zero attached hydrogens (tertiary/aromatic N) is 1. The van der Waals surface area contributed by atoms with Crippen LogP contribution in [0.2, 0.25) is 0 Å². The SMILES string of the molecule is CCCCC(C)(NC(=O)CN1C(=O)COc2ccccc21)C(=O)O. The van der Waals surface area contributed by atoms with E-state index in [0.29, 0.717) is 24.3 Å². The molecule has 2 N–H and O–H groups in total. The van der Waals surface area contributed by atoms with E-state index in [-0.39, 0.29) is 19.1 Å². The number of anilines is 1. The third-order valence-corrected chi connectivity index (χ3v) is 4.03. The highest BCUT2D eigenvalue weighted by molar-refractivity contribution is 6.02. The number of nitrogens with one attached hydrogen (secondary N) is 1. The second kappa shape index (κ2) is 7.33. The molecule has 7 nitrogen and oxygen atoms in total. The van der Waals surface area contributed by atoms with Crippen LogP contribution in [0, 0.1) is 0 Å². The van der Waals surface area contributed by atoms with Gasteiger partial charge in [-0.25, -0.2) is 4.79 Å². The first-order chi connectivity index (χ1) is 11.4. The van der Waals surface area contributed by atoms with Crippen molar-refractivity contribution in [3.63, 3.8) is 0 Å². The molecule has 0 saturated carbocycles. The predicted molar refractivity (Wildman–Crippen MR) is 88.0 cm³/mol. The standard InChI is InChI=1S/C17H22N2O5/c1-3-4-9-17(2,16(22)23)18-14(20)10-19-12-7-5-6-8-13(12)24-11-15(19)21/h5-8H,3-4,9-11H2,1-2H3,(H,18,20)(H,22,23). The van der Waals surface area contributed by atoms with Crippen LogP contribution in [-0.4, -0.2) is 41.6 Å². The van der Waals surface area contributed by atoms with E-state index in [1.165, 1.54) is 11.8 Å². The topological polar surface area (TPSA) is 95.9 Å². The van der Waals surface area contributed by atoms with Gasteiger partial charge in [-0.05, 0) is 25.5 Å². The number of amides is 2. The highest BCUT2D eigenvalue weighted by atomic mass is 16.5. The molecule has 0 aliphatic carbocycles. The summed E-state index contributed by atoms with van der Waals surface area (Å²) in [5, 5.41) is 12.0. The van der Waals surface area contributed by atoms with Gasteiger partial charge >= 0.3 is 5.97 Å². The van der Waals surface area contributed by atoms with Crippen LogP contribution in [0.3, 0.4) is 0 Å². The third-order valence-electron chi connectivity index (χ3n) is 4.03. The Morgan fingerprint density at radius 1 is 1.38 bits per heavy atom. The summed E-state index contributed by atoms with van der Waals surface area (Å²) in [5.74, 6) is -1.41. The molecule has 0 spiro atoms. The van der Waals surface area contributed by atoms with Crippen molar-refractivity contribution in [3.05, 3.63) is 24.3 Å². The van der Waals surface area contributed by atoms with Gasteiger partial charge in [0.15, 0.2) is 6.61 Å². The van der Waals surface area contributed by atoms with Crippen LogP contribution in [0.1, 0.15) is 33.1 Å². The third kappa shape index (κ3) is 3.84. The van der Waals surface area contributed by atoms with Gasteiger partial charge < -0.3 is 15.2 Å². The summed E-state index contributed by atoms with van der Waals surface area (Å²) in [6.07, 6.45) is 1.84. The maximum atomic E-state index is 12.3. The fraction of sp³-hybridized carbons (Fsp3) is 0.471. The summed E-state index contributed by atoms with van der Waals surface area (Å²) in [6, 6.07) is 6.93. The zero-order valence-electron chi connectivity index (χ0n) is 13.9.